The fraction of sp³-hybridized carbons (Fsp3) is 0.471. The highest BCUT2D eigenvalue weighted by Crippen LogP contribution is 2.15. The molecule has 2 rings (SSSR count). The highest BCUT2D eigenvalue weighted by Gasteiger charge is 2.02. The zero-order valence-corrected chi connectivity index (χ0v) is 12.2. The Morgan fingerprint density at radius 2 is 2.05 bits per heavy atom. The van der Waals surface area contributed by atoms with Gasteiger partial charge < -0.3 is 5.32 Å². The zero-order chi connectivity index (χ0) is 13.7. The number of hydrogen-bond acceptors (Lipinski definition) is 2. The number of aromatic nitrogens is 1. The number of rotatable bonds is 6. The van der Waals surface area contributed by atoms with Crippen LogP contribution in [0.1, 0.15) is 44.4 Å². The minimum atomic E-state index is 0.590. The minimum absolute atomic E-state index is 0.590. The van der Waals surface area contributed by atoms with Crippen molar-refractivity contribution in [3.63, 3.8) is 0 Å². The first-order valence-corrected chi connectivity index (χ1v) is 7.28. The fourth-order valence-corrected chi connectivity index (χ4v) is 2.29. The average Bonchev–Trinajstić information content (AvgIpc) is 2.42. The number of pyridine rings is 1. The van der Waals surface area contributed by atoms with E-state index < -0.39 is 0 Å². The molecule has 2 nitrogen and oxygen atoms in total. The van der Waals surface area contributed by atoms with Gasteiger partial charge in [0.15, 0.2) is 0 Å². The molecule has 0 aliphatic heterocycles. The van der Waals surface area contributed by atoms with Crippen molar-refractivity contribution in [3.8, 4) is 0 Å². The fourth-order valence-electron chi connectivity index (χ4n) is 2.29. The standard InChI is InChI=1S/C17H24N2/c1-4-5-6-13(2)18-12-15-8-10-17-16(11-15)9-7-14(3)19-17/h7-11,13,18H,4-6,12H2,1-3H3. The molecule has 0 fully saturated rings. The van der Waals surface area contributed by atoms with E-state index in [0.29, 0.717) is 6.04 Å². The Labute approximate surface area is 116 Å². The number of aryl methyl sites for hydroxylation is 1. The highest BCUT2D eigenvalue weighted by molar-refractivity contribution is 5.79. The summed E-state index contributed by atoms with van der Waals surface area (Å²) >= 11 is 0. The van der Waals surface area contributed by atoms with E-state index in [1.54, 1.807) is 0 Å². The SMILES string of the molecule is CCCCC(C)NCc1ccc2nc(C)ccc2c1. The van der Waals surface area contributed by atoms with E-state index in [1.807, 2.05) is 6.92 Å². The van der Waals surface area contributed by atoms with E-state index in [4.69, 9.17) is 0 Å². The van der Waals surface area contributed by atoms with Crippen molar-refractivity contribution in [3.05, 3.63) is 41.6 Å². The van der Waals surface area contributed by atoms with Crippen LogP contribution in [0.2, 0.25) is 0 Å². The van der Waals surface area contributed by atoms with Crippen LogP contribution in [-0.4, -0.2) is 11.0 Å². The van der Waals surface area contributed by atoms with Gasteiger partial charge in [-0.15, -0.1) is 0 Å². The van der Waals surface area contributed by atoms with E-state index >= 15 is 0 Å². The molecule has 0 saturated carbocycles. The molecule has 0 aliphatic carbocycles. The summed E-state index contributed by atoms with van der Waals surface area (Å²) in [7, 11) is 0. The van der Waals surface area contributed by atoms with E-state index in [-0.39, 0.29) is 0 Å². The molecule has 0 spiro atoms. The van der Waals surface area contributed by atoms with E-state index in [2.05, 4.69) is 54.5 Å². The van der Waals surface area contributed by atoms with Crippen molar-refractivity contribution in [1.82, 2.24) is 10.3 Å². The molecule has 19 heavy (non-hydrogen) atoms. The second-order valence-corrected chi connectivity index (χ2v) is 5.40. The van der Waals surface area contributed by atoms with Crippen molar-refractivity contribution in [2.75, 3.05) is 0 Å². The van der Waals surface area contributed by atoms with Crippen LogP contribution < -0.4 is 5.32 Å². The molecule has 0 bridgehead atoms. The lowest BCUT2D eigenvalue weighted by molar-refractivity contribution is 0.495. The molecule has 1 atom stereocenters. The Morgan fingerprint density at radius 1 is 1.21 bits per heavy atom. The Bertz CT molecular complexity index is 534. The van der Waals surface area contributed by atoms with Gasteiger partial charge in [-0.1, -0.05) is 31.9 Å². The number of nitrogens with zero attached hydrogens (tertiary/aromatic N) is 1. The molecule has 102 valence electrons. The molecular formula is C17H24N2. The van der Waals surface area contributed by atoms with Gasteiger partial charge in [-0.2, -0.15) is 0 Å². The van der Waals surface area contributed by atoms with Gasteiger partial charge in [0.05, 0.1) is 5.52 Å². The lowest BCUT2D eigenvalue weighted by Crippen LogP contribution is -2.25. The molecule has 1 N–H and O–H groups in total. The summed E-state index contributed by atoms with van der Waals surface area (Å²) in [5.74, 6) is 0. The smallest absolute Gasteiger partial charge is 0.0705 e. The predicted octanol–water partition coefficient (Wildman–Crippen LogP) is 4.21. The molecule has 1 aromatic carbocycles. The molecule has 0 saturated heterocycles. The van der Waals surface area contributed by atoms with Crippen LogP contribution in [0.15, 0.2) is 30.3 Å². The lowest BCUT2D eigenvalue weighted by Gasteiger charge is -2.13. The van der Waals surface area contributed by atoms with Gasteiger partial charge in [0.1, 0.15) is 0 Å². The topological polar surface area (TPSA) is 24.9 Å². The molecule has 2 heteroatoms. The van der Waals surface area contributed by atoms with Crippen molar-refractivity contribution in [2.24, 2.45) is 0 Å². The number of nitrogens with one attached hydrogen (secondary N) is 1. The Morgan fingerprint density at radius 3 is 2.84 bits per heavy atom. The second kappa shape index (κ2) is 6.67. The number of unbranched alkanes of at least 4 members (excludes halogenated alkanes) is 1. The normalized spacial score (nSPS) is 12.8. The molecule has 2 aromatic rings. The van der Waals surface area contributed by atoms with Gasteiger partial charge >= 0.3 is 0 Å². The van der Waals surface area contributed by atoms with Crippen LogP contribution in [0.5, 0.6) is 0 Å². The third-order valence-electron chi connectivity index (χ3n) is 3.54. The molecule has 0 aliphatic rings. The Hall–Kier alpha value is -1.41. The minimum Gasteiger partial charge on any atom is -0.310 e. The summed E-state index contributed by atoms with van der Waals surface area (Å²) in [6, 6.07) is 11.4. The van der Waals surface area contributed by atoms with Crippen molar-refractivity contribution in [1.29, 1.82) is 0 Å². The summed E-state index contributed by atoms with van der Waals surface area (Å²) in [5.41, 5.74) is 3.50. The molecular weight excluding hydrogens is 232 g/mol. The largest absolute Gasteiger partial charge is 0.310 e. The van der Waals surface area contributed by atoms with Crippen LogP contribution in [0.4, 0.5) is 0 Å². The average molecular weight is 256 g/mol. The maximum absolute atomic E-state index is 4.53. The number of benzene rings is 1. The van der Waals surface area contributed by atoms with Crippen LogP contribution in [0.25, 0.3) is 10.9 Å². The summed E-state index contributed by atoms with van der Waals surface area (Å²) in [6.45, 7) is 7.48. The third-order valence-corrected chi connectivity index (χ3v) is 3.54. The first kappa shape index (κ1) is 14.0. The maximum Gasteiger partial charge on any atom is 0.0705 e. The molecule has 0 amide bonds. The lowest BCUT2D eigenvalue weighted by atomic mass is 10.1. The summed E-state index contributed by atoms with van der Waals surface area (Å²) in [4.78, 5) is 4.53. The quantitative estimate of drug-likeness (QED) is 0.837. The van der Waals surface area contributed by atoms with Gasteiger partial charge in [0.2, 0.25) is 0 Å². The van der Waals surface area contributed by atoms with Crippen LogP contribution in [0.3, 0.4) is 0 Å². The highest BCUT2D eigenvalue weighted by atomic mass is 14.9. The summed E-state index contributed by atoms with van der Waals surface area (Å²) < 4.78 is 0. The van der Waals surface area contributed by atoms with Crippen LogP contribution in [-0.2, 0) is 6.54 Å². The first-order chi connectivity index (χ1) is 9.19. The first-order valence-electron chi connectivity index (χ1n) is 7.28. The Balaban J connectivity index is 1.99. The van der Waals surface area contributed by atoms with Gasteiger partial charge in [0, 0.05) is 23.7 Å². The van der Waals surface area contributed by atoms with Crippen LogP contribution >= 0.6 is 0 Å². The van der Waals surface area contributed by atoms with Gasteiger partial charge in [0.25, 0.3) is 0 Å². The monoisotopic (exact) mass is 256 g/mol. The van der Waals surface area contributed by atoms with Gasteiger partial charge in [-0.05, 0) is 44.0 Å². The van der Waals surface area contributed by atoms with Crippen LogP contribution in [0, 0.1) is 6.92 Å². The second-order valence-electron chi connectivity index (χ2n) is 5.40. The van der Waals surface area contributed by atoms with E-state index in [9.17, 15) is 0 Å². The van der Waals surface area contributed by atoms with Crippen molar-refractivity contribution < 1.29 is 0 Å². The summed E-state index contributed by atoms with van der Waals surface area (Å²) in [6.07, 6.45) is 3.83. The van der Waals surface area contributed by atoms with E-state index in [1.165, 1.54) is 30.2 Å². The van der Waals surface area contributed by atoms with Gasteiger partial charge in [-0.25, -0.2) is 0 Å². The predicted molar refractivity (Wildman–Crippen MR) is 82.3 cm³/mol. The molecule has 1 unspecified atom stereocenters. The maximum atomic E-state index is 4.53. The zero-order valence-electron chi connectivity index (χ0n) is 12.2. The Kier molecular flexibility index (Phi) is 4.92. The molecule has 1 aromatic heterocycles. The number of hydrogen-bond donors (Lipinski definition) is 1. The van der Waals surface area contributed by atoms with Crippen molar-refractivity contribution >= 4 is 10.9 Å². The number of fused-ring (bicyclic) bond motifs is 1. The molecule has 1 heterocycles. The third kappa shape index (κ3) is 4.03. The molecule has 0 radical (unpaired) electrons. The van der Waals surface area contributed by atoms with Crippen molar-refractivity contribution in [2.45, 2.75) is 52.6 Å². The van der Waals surface area contributed by atoms with Gasteiger partial charge in [-0.3, -0.25) is 4.98 Å². The summed E-state index contributed by atoms with van der Waals surface area (Å²) in [5, 5.41) is 4.82. The van der Waals surface area contributed by atoms with E-state index in [0.717, 1.165) is 17.8 Å².